The minimum atomic E-state index is -0.427. The zero-order valence-corrected chi connectivity index (χ0v) is 14.2. The number of nitrogens with zero attached hydrogens (tertiary/aromatic N) is 1. The first-order chi connectivity index (χ1) is 12.1. The molecule has 130 valence electrons. The van der Waals surface area contributed by atoms with Crippen LogP contribution >= 0.6 is 0 Å². The highest BCUT2D eigenvalue weighted by Crippen LogP contribution is 2.25. The first kappa shape index (κ1) is 16.8. The molecule has 0 saturated carbocycles. The maximum absolute atomic E-state index is 12.3. The molecule has 6 heteroatoms. The maximum Gasteiger partial charge on any atom is 0.414 e. The van der Waals surface area contributed by atoms with Gasteiger partial charge in [0.1, 0.15) is 11.9 Å². The van der Waals surface area contributed by atoms with E-state index in [1.807, 2.05) is 43.3 Å². The Kier molecular flexibility index (Phi) is 4.88. The lowest BCUT2D eigenvalue weighted by Gasteiger charge is -2.14. The quantitative estimate of drug-likeness (QED) is 0.909. The van der Waals surface area contributed by atoms with Gasteiger partial charge < -0.3 is 14.8 Å². The van der Waals surface area contributed by atoms with Crippen molar-refractivity contribution in [3.8, 4) is 5.75 Å². The Labute approximate surface area is 146 Å². The highest BCUT2D eigenvalue weighted by Gasteiger charge is 2.32. The largest absolute Gasteiger partial charge is 0.497 e. The Hall–Kier alpha value is -3.02. The Bertz CT molecular complexity index is 790. The van der Waals surface area contributed by atoms with E-state index in [-0.39, 0.29) is 12.5 Å². The first-order valence-electron chi connectivity index (χ1n) is 8.04. The number of carbonyl (C=O) groups excluding carboxylic acids is 2. The van der Waals surface area contributed by atoms with Gasteiger partial charge in [-0.3, -0.25) is 9.69 Å². The van der Waals surface area contributed by atoms with Crippen molar-refractivity contribution in [2.45, 2.75) is 13.0 Å². The van der Waals surface area contributed by atoms with Crippen molar-refractivity contribution in [3.63, 3.8) is 0 Å². The summed E-state index contributed by atoms with van der Waals surface area (Å²) in [6.07, 6.45) is -0.824. The highest BCUT2D eigenvalue weighted by molar-refractivity contribution is 5.95. The molecule has 2 aromatic carbocycles. The third-order valence-corrected chi connectivity index (χ3v) is 4.12. The average molecular weight is 340 g/mol. The van der Waals surface area contributed by atoms with Crippen LogP contribution in [-0.4, -0.2) is 38.3 Å². The van der Waals surface area contributed by atoms with E-state index in [0.29, 0.717) is 23.5 Å². The molecule has 1 atom stereocenters. The van der Waals surface area contributed by atoms with E-state index in [4.69, 9.17) is 9.47 Å². The monoisotopic (exact) mass is 340 g/mol. The minimum absolute atomic E-state index is 0.172. The van der Waals surface area contributed by atoms with Gasteiger partial charge in [0.05, 0.1) is 25.9 Å². The molecule has 1 N–H and O–H groups in total. The predicted octanol–water partition coefficient (Wildman–Crippen LogP) is 2.76. The average Bonchev–Trinajstić information content (AvgIpc) is 3.01. The van der Waals surface area contributed by atoms with Crippen molar-refractivity contribution < 1.29 is 19.1 Å². The molecule has 0 radical (unpaired) electrons. The molecule has 1 fully saturated rings. The van der Waals surface area contributed by atoms with Gasteiger partial charge in [0.15, 0.2) is 0 Å². The van der Waals surface area contributed by atoms with Crippen LogP contribution in [0.4, 0.5) is 10.5 Å². The summed E-state index contributed by atoms with van der Waals surface area (Å²) in [5.41, 5.74) is 2.23. The number of hydrogen-bond donors (Lipinski definition) is 1. The molecule has 6 nitrogen and oxygen atoms in total. The summed E-state index contributed by atoms with van der Waals surface area (Å²) in [4.78, 5) is 25.9. The molecule has 2 aromatic rings. The van der Waals surface area contributed by atoms with E-state index < -0.39 is 12.2 Å². The molecule has 2 amide bonds. The van der Waals surface area contributed by atoms with Crippen molar-refractivity contribution >= 4 is 17.7 Å². The van der Waals surface area contributed by atoms with Gasteiger partial charge >= 0.3 is 6.09 Å². The Morgan fingerprint density at radius 3 is 2.84 bits per heavy atom. The number of cyclic esters (lactones) is 1. The third kappa shape index (κ3) is 3.74. The summed E-state index contributed by atoms with van der Waals surface area (Å²) in [5.74, 6) is 0.496. The lowest BCUT2D eigenvalue weighted by atomic mass is 10.1. The summed E-state index contributed by atoms with van der Waals surface area (Å²) in [7, 11) is 1.57. The van der Waals surface area contributed by atoms with Crippen LogP contribution in [0, 0.1) is 6.92 Å². The van der Waals surface area contributed by atoms with Crippen LogP contribution < -0.4 is 15.0 Å². The van der Waals surface area contributed by atoms with E-state index >= 15 is 0 Å². The van der Waals surface area contributed by atoms with Crippen LogP contribution in [0.15, 0.2) is 48.5 Å². The van der Waals surface area contributed by atoms with Gasteiger partial charge in [0.2, 0.25) is 0 Å². The van der Waals surface area contributed by atoms with Crippen LogP contribution in [0.25, 0.3) is 0 Å². The molecular formula is C19H20N2O4. The Morgan fingerprint density at radius 1 is 1.28 bits per heavy atom. The zero-order chi connectivity index (χ0) is 17.8. The molecule has 0 aliphatic carbocycles. The van der Waals surface area contributed by atoms with Crippen molar-refractivity contribution in [3.05, 3.63) is 59.7 Å². The van der Waals surface area contributed by atoms with Crippen LogP contribution in [0.2, 0.25) is 0 Å². The molecule has 1 aliphatic heterocycles. The summed E-state index contributed by atoms with van der Waals surface area (Å²) in [6.45, 7) is 2.52. The fourth-order valence-electron chi connectivity index (χ4n) is 2.75. The van der Waals surface area contributed by atoms with Gasteiger partial charge in [-0.1, -0.05) is 24.3 Å². The number of amides is 2. The second-order valence-corrected chi connectivity index (χ2v) is 5.84. The molecule has 3 rings (SSSR count). The van der Waals surface area contributed by atoms with Gasteiger partial charge in [0, 0.05) is 11.6 Å². The van der Waals surface area contributed by atoms with Crippen LogP contribution in [-0.2, 0) is 4.74 Å². The normalized spacial score (nSPS) is 16.5. The van der Waals surface area contributed by atoms with Crippen molar-refractivity contribution in [2.75, 3.05) is 25.1 Å². The highest BCUT2D eigenvalue weighted by atomic mass is 16.6. The predicted molar refractivity (Wildman–Crippen MR) is 94.1 cm³/mol. The molecular weight excluding hydrogens is 320 g/mol. The van der Waals surface area contributed by atoms with E-state index in [0.717, 1.165) is 5.56 Å². The summed E-state index contributed by atoms with van der Waals surface area (Å²) in [6, 6.07) is 14.6. The topological polar surface area (TPSA) is 67.9 Å². The number of anilines is 1. The van der Waals surface area contributed by atoms with E-state index in [2.05, 4.69) is 5.32 Å². The van der Waals surface area contributed by atoms with Gasteiger partial charge in [-0.25, -0.2) is 4.79 Å². The fourth-order valence-corrected chi connectivity index (χ4v) is 2.75. The molecule has 0 aromatic heterocycles. The van der Waals surface area contributed by atoms with E-state index in [1.54, 1.807) is 19.2 Å². The second kappa shape index (κ2) is 7.25. The maximum atomic E-state index is 12.3. The number of ether oxygens (including phenoxy) is 2. The number of rotatable bonds is 5. The lowest BCUT2D eigenvalue weighted by Crippen LogP contribution is -2.34. The Balaban J connectivity index is 1.61. The minimum Gasteiger partial charge on any atom is -0.497 e. The van der Waals surface area contributed by atoms with Crippen LogP contribution in [0.3, 0.4) is 0 Å². The van der Waals surface area contributed by atoms with E-state index in [1.165, 1.54) is 4.90 Å². The van der Waals surface area contributed by atoms with Crippen molar-refractivity contribution in [1.82, 2.24) is 5.32 Å². The fraction of sp³-hybridized carbons (Fsp3) is 0.263. The number of aryl methyl sites for hydroxylation is 1. The summed E-state index contributed by atoms with van der Waals surface area (Å²) in [5, 5.41) is 2.83. The third-order valence-electron chi connectivity index (χ3n) is 4.12. The van der Waals surface area contributed by atoms with Crippen LogP contribution in [0.1, 0.15) is 15.9 Å². The molecule has 25 heavy (non-hydrogen) atoms. The molecule has 1 heterocycles. The van der Waals surface area contributed by atoms with Crippen molar-refractivity contribution in [2.24, 2.45) is 0 Å². The molecule has 1 aliphatic rings. The number of hydrogen-bond acceptors (Lipinski definition) is 4. The van der Waals surface area contributed by atoms with Gasteiger partial charge in [0.25, 0.3) is 5.91 Å². The molecule has 0 bridgehead atoms. The zero-order valence-electron chi connectivity index (χ0n) is 14.2. The number of carbonyl (C=O) groups is 2. The molecule has 1 saturated heterocycles. The standard InChI is InChI=1S/C19H20N2O4/c1-13-6-3-4-9-17(13)18(22)20-11-16-12-21(19(23)25-16)14-7-5-8-15(10-14)24-2/h3-10,16H,11-12H2,1-2H3,(H,20,22)/t16-/m1/s1. The molecule has 0 spiro atoms. The number of methoxy groups -OCH3 is 1. The van der Waals surface area contributed by atoms with Gasteiger partial charge in [-0.15, -0.1) is 0 Å². The first-order valence-corrected chi connectivity index (χ1v) is 8.04. The van der Waals surface area contributed by atoms with Gasteiger partial charge in [-0.2, -0.15) is 0 Å². The second-order valence-electron chi connectivity index (χ2n) is 5.84. The smallest absolute Gasteiger partial charge is 0.414 e. The summed E-state index contributed by atoms with van der Waals surface area (Å²) >= 11 is 0. The SMILES string of the molecule is COc1cccc(N2C[C@@H](CNC(=O)c3ccccc3C)OC2=O)c1. The van der Waals surface area contributed by atoms with Gasteiger partial charge in [-0.05, 0) is 30.7 Å². The lowest BCUT2D eigenvalue weighted by molar-refractivity contribution is 0.0915. The van der Waals surface area contributed by atoms with Crippen molar-refractivity contribution in [1.29, 1.82) is 0 Å². The molecule has 0 unspecified atom stereocenters. The van der Waals surface area contributed by atoms with Crippen LogP contribution in [0.5, 0.6) is 5.75 Å². The summed E-state index contributed by atoms with van der Waals surface area (Å²) < 4.78 is 10.5. The number of benzene rings is 2. The van der Waals surface area contributed by atoms with E-state index in [9.17, 15) is 9.59 Å². The Morgan fingerprint density at radius 2 is 2.08 bits per heavy atom. The number of nitrogens with one attached hydrogen (secondary N) is 1.